The van der Waals surface area contributed by atoms with Crippen molar-refractivity contribution in [2.45, 2.75) is 32.7 Å². The van der Waals surface area contributed by atoms with E-state index >= 15 is 0 Å². The Bertz CT molecular complexity index is 572. The highest BCUT2D eigenvalue weighted by atomic mass is 16.2. The standard InChI is InChI=1S/C18H28N4O2/c1-13(2)20-18(24)21-16-8-4-7-15(10-16)17(23)22-9-5-6-14(12-22)11-19-3/h4,7-8,10,13-14,19H,5-6,9,11-12H2,1-3H3,(H2,20,21,24). The van der Waals surface area contributed by atoms with Crippen LogP contribution in [0.3, 0.4) is 0 Å². The van der Waals surface area contributed by atoms with Crippen molar-refractivity contribution in [3.63, 3.8) is 0 Å². The number of amides is 3. The Morgan fingerprint density at radius 2 is 2.12 bits per heavy atom. The Morgan fingerprint density at radius 3 is 2.83 bits per heavy atom. The zero-order chi connectivity index (χ0) is 17.5. The van der Waals surface area contributed by atoms with Crippen LogP contribution in [0.5, 0.6) is 0 Å². The van der Waals surface area contributed by atoms with Crippen LogP contribution in [0, 0.1) is 5.92 Å². The van der Waals surface area contributed by atoms with Gasteiger partial charge in [-0.1, -0.05) is 6.07 Å². The molecule has 1 saturated heterocycles. The van der Waals surface area contributed by atoms with Crippen LogP contribution < -0.4 is 16.0 Å². The van der Waals surface area contributed by atoms with Gasteiger partial charge in [-0.25, -0.2) is 4.79 Å². The van der Waals surface area contributed by atoms with Crippen LogP contribution in [0.4, 0.5) is 10.5 Å². The monoisotopic (exact) mass is 332 g/mol. The minimum atomic E-state index is -0.262. The van der Waals surface area contributed by atoms with E-state index in [2.05, 4.69) is 16.0 Å². The molecule has 24 heavy (non-hydrogen) atoms. The number of hydrogen-bond donors (Lipinski definition) is 3. The van der Waals surface area contributed by atoms with Gasteiger partial charge in [0, 0.05) is 30.4 Å². The molecular weight excluding hydrogens is 304 g/mol. The normalized spacial score (nSPS) is 17.7. The summed E-state index contributed by atoms with van der Waals surface area (Å²) in [6.45, 7) is 6.31. The summed E-state index contributed by atoms with van der Waals surface area (Å²) in [6, 6.07) is 6.93. The topological polar surface area (TPSA) is 73.5 Å². The van der Waals surface area contributed by atoms with Gasteiger partial charge in [0.1, 0.15) is 0 Å². The molecule has 1 aliphatic heterocycles. The molecule has 1 heterocycles. The Kier molecular flexibility index (Phi) is 6.61. The SMILES string of the molecule is CNCC1CCCN(C(=O)c2cccc(NC(=O)NC(C)C)c2)C1. The average Bonchev–Trinajstić information content (AvgIpc) is 2.54. The van der Waals surface area contributed by atoms with Crippen LogP contribution in [0.1, 0.15) is 37.0 Å². The number of piperidine rings is 1. The molecule has 1 atom stereocenters. The smallest absolute Gasteiger partial charge is 0.319 e. The third-order valence-electron chi connectivity index (χ3n) is 4.09. The van der Waals surface area contributed by atoms with E-state index < -0.39 is 0 Å². The molecule has 1 aromatic carbocycles. The van der Waals surface area contributed by atoms with Gasteiger partial charge in [-0.05, 0) is 64.4 Å². The number of benzene rings is 1. The molecule has 0 aliphatic carbocycles. The first-order valence-electron chi connectivity index (χ1n) is 8.61. The molecule has 0 bridgehead atoms. The van der Waals surface area contributed by atoms with Crippen molar-refractivity contribution in [2.75, 3.05) is 32.0 Å². The molecule has 1 aliphatic rings. The molecule has 132 valence electrons. The van der Waals surface area contributed by atoms with Gasteiger partial charge in [-0.2, -0.15) is 0 Å². The summed E-state index contributed by atoms with van der Waals surface area (Å²) >= 11 is 0. The molecule has 0 spiro atoms. The molecular formula is C18H28N4O2. The highest BCUT2D eigenvalue weighted by Crippen LogP contribution is 2.19. The number of anilines is 1. The van der Waals surface area contributed by atoms with Crippen LogP contribution in [0.2, 0.25) is 0 Å². The zero-order valence-electron chi connectivity index (χ0n) is 14.8. The molecule has 3 amide bonds. The van der Waals surface area contributed by atoms with Crippen molar-refractivity contribution in [1.82, 2.24) is 15.5 Å². The number of carbonyl (C=O) groups is 2. The number of carbonyl (C=O) groups excluding carboxylic acids is 2. The average molecular weight is 332 g/mol. The van der Waals surface area contributed by atoms with E-state index in [0.717, 1.165) is 32.5 Å². The predicted molar refractivity (Wildman–Crippen MR) is 96.3 cm³/mol. The molecule has 3 N–H and O–H groups in total. The Labute approximate surface area is 144 Å². The van der Waals surface area contributed by atoms with Crippen molar-refractivity contribution in [3.8, 4) is 0 Å². The van der Waals surface area contributed by atoms with E-state index in [4.69, 9.17) is 0 Å². The van der Waals surface area contributed by atoms with Crippen molar-refractivity contribution in [1.29, 1.82) is 0 Å². The number of nitrogens with zero attached hydrogens (tertiary/aromatic N) is 1. The predicted octanol–water partition coefficient (Wildman–Crippen LogP) is 2.29. The zero-order valence-corrected chi connectivity index (χ0v) is 14.8. The maximum absolute atomic E-state index is 12.7. The van der Waals surface area contributed by atoms with E-state index in [9.17, 15) is 9.59 Å². The van der Waals surface area contributed by atoms with E-state index in [1.165, 1.54) is 0 Å². The third kappa shape index (κ3) is 5.23. The number of urea groups is 1. The fourth-order valence-corrected chi connectivity index (χ4v) is 3.05. The van der Waals surface area contributed by atoms with Crippen LogP contribution in [-0.4, -0.2) is 49.6 Å². The maximum Gasteiger partial charge on any atom is 0.319 e. The largest absolute Gasteiger partial charge is 0.338 e. The highest BCUT2D eigenvalue weighted by Gasteiger charge is 2.24. The minimum Gasteiger partial charge on any atom is -0.338 e. The molecule has 6 nitrogen and oxygen atoms in total. The molecule has 1 aromatic rings. The van der Waals surface area contributed by atoms with Gasteiger partial charge in [0.15, 0.2) is 0 Å². The van der Waals surface area contributed by atoms with Crippen molar-refractivity contribution >= 4 is 17.6 Å². The summed E-state index contributed by atoms with van der Waals surface area (Å²) < 4.78 is 0. The minimum absolute atomic E-state index is 0.0312. The lowest BCUT2D eigenvalue weighted by Crippen LogP contribution is -2.42. The quantitative estimate of drug-likeness (QED) is 0.774. The maximum atomic E-state index is 12.7. The second-order valence-electron chi connectivity index (χ2n) is 6.65. The molecule has 0 aromatic heterocycles. The molecule has 1 fully saturated rings. The van der Waals surface area contributed by atoms with Crippen LogP contribution in [-0.2, 0) is 0 Å². The fourth-order valence-electron chi connectivity index (χ4n) is 3.05. The first kappa shape index (κ1) is 18.3. The van der Waals surface area contributed by atoms with Crippen LogP contribution in [0.25, 0.3) is 0 Å². The summed E-state index contributed by atoms with van der Waals surface area (Å²) in [4.78, 5) is 26.5. The summed E-state index contributed by atoms with van der Waals surface area (Å²) in [7, 11) is 1.94. The second kappa shape index (κ2) is 8.68. The number of hydrogen-bond acceptors (Lipinski definition) is 3. The Balaban J connectivity index is 2.02. The lowest BCUT2D eigenvalue weighted by molar-refractivity contribution is 0.0674. The van der Waals surface area contributed by atoms with E-state index in [-0.39, 0.29) is 18.0 Å². The molecule has 2 rings (SSSR count). The Hall–Kier alpha value is -2.08. The fraction of sp³-hybridized carbons (Fsp3) is 0.556. The number of likely N-dealkylation sites (tertiary alicyclic amines) is 1. The van der Waals surface area contributed by atoms with Gasteiger partial charge < -0.3 is 20.9 Å². The van der Waals surface area contributed by atoms with Crippen molar-refractivity contribution in [3.05, 3.63) is 29.8 Å². The van der Waals surface area contributed by atoms with Gasteiger partial charge in [-0.15, -0.1) is 0 Å². The highest BCUT2D eigenvalue weighted by molar-refractivity contribution is 5.97. The summed E-state index contributed by atoms with van der Waals surface area (Å²) in [5, 5.41) is 8.73. The van der Waals surface area contributed by atoms with Gasteiger partial charge >= 0.3 is 6.03 Å². The molecule has 0 radical (unpaired) electrons. The van der Waals surface area contributed by atoms with Gasteiger partial charge in [0.05, 0.1) is 0 Å². The molecule has 6 heteroatoms. The van der Waals surface area contributed by atoms with Gasteiger partial charge in [-0.3, -0.25) is 4.79 Å². The summed E-state index contributed by atoms with van der Waals surface area (Å²) in [5.74, 6) is 0.537. The first-order valence-corrected chi connectivity index (χ1v) is 8.61. The lowest BCUT2D eigenvalue weighted by atomic mass is 9.97. The van der Waals surface area contributed by atoms with Gasteiger partial charge in [0.2, 0.25) is 0 Å². The molecule has 0 saturated carbocycles. The Morgan fingerprint density at radius 1 is 1.33 bits per heavy atom. The van der Waals surface area contributed by atoms with E-state index in [0.29, 0.717) is 17.2 Å². The van der Waals surface area contributed by atoms with E-state index in [1.807, 2.05) is 25.8 Å². The third-order valence-corrected chi connectivity index (χ3v) is 4.09. The second-order valence-corrected chi connectivity index (χ2v) is 6.65. The summed E-state index contributed by atoms with van der Waals surface area (Å²) in [5.41, 5.74) is 1.24. The van der Waals surface area contributed by atoms with Crippen LogP contribution in [0.15, 0.2) is 24.3 Å². The van der Waals surface area contributed by atoms with Gasteiger partial charge in [0.25, 0.3) is 5.91 Å². The van der Waals surface area contributed by atoms with E-state index in [1.54, 1.807) is 24.3 Å². The van der Waals surface area contributed by atoms with Crippen molar-refractivity contribution < 1.29 is 9.59 Å². The van der Waals surface area contributed by atoms with Crippen molar-refractivity contribution in [2.24, 2.45) is 5.92 Å². The lowest BCUT2D eigenvalue weighted by Gasteiger charge is -2.32. The van der Waals surface area contributed by atoms with Crippen LogP contribution >= 0.6 is 0 Å². The number of nitrogens with one attached hydrogen (secondary N) is 3. The first-order chi connectivity index (χ1) is 11.5. The number of rotatable bonds is 5. The summed E-state index contributed by atoms with van der Waals surface area (Å²) in [6.07, 6.45) is 2.19. The molecule has 1 unspecified atom stereocenters.